The summed E-state index contributed by atoms with van der Waals surface area (Å²) in [4.78, 5) is 15.7. The van der Waals surface area contributed by atoms with Gasteiger partial charge in [-0.3, -0.25) is 4.79 Å². The van der Waals surface area contributed by atoms with E-state index in [0.717, 1.165) is 48.7 Å². The highest BCUT2D eigenvalue weighted by Gasteiger charge is 2.23. The van der Waals surface area contributed by atoms with Crippen LogP contribution >= 0.6 is 0 Å². The van der Waals surface area contributed by atoms with E-state index >= 15 is 0 Å². The Morgan fingerprint density at radius 2 is 1.66 bits per heavy atom. The average molecular weight is 566 g/mol. The maximum atomic E-state index is 13.9. The lowest BCUT2D eigenvalue weighted by Crippen LogP contribution is -2.48. The minimum Gasteiger partial charge on any atom is -0.390 e. The molecule has 0 saturated carbocycles. The number of halogens is 2. The molecule has 3 aromatic rings. The molecule has 0 unspecified atom stereocenters. The SMILES string of the molecule is CCCCCN(C)Cc1cc(C)cc(C(=O)N[C@@H](Cc2cc(F)cc(F)c2)[C@H](O)CNCc2cccc(CC)c2)c1. The van der Waals surface area contributed by atoms with Crippen LogP contribution in [0.2, 0.25) is 0 Å². The first-order valence-corrected chi connectivity index (χ1v) is 14.7. The van der Waals surface area contributed by atoms with Gasteiger partial charge < -0.3 is 20.6 Å². The number of carbonyl (C=O) groups is 1. The van der Waals surface area contributed by atoms with E-state index in [0.29, 0.717) is 17.7 Å². The van der Waals surface area contributed by atoms with Crippen molar-refractivity contribution in [3.8, 4) is 0 Å². The zero-order valence-electron chi connectivity index (χ0n) is 24.9. The highest BCUT2D eigenvalue weighted by molar-refractivity contribution is 5.94. The van der Waals surface area contributed by atoms with Crippen LogP contribution in [0.4, 0.5) is 8.78 Å². The van der Waals surface area contributed by atoms with Crippen molar-refractivity contribution in [1.82, 2.24) is 15.5 Å². The highest BCUT2D eigenvalue weighted by atomic mass is 19.1. The smallest absolute Gasteiger partial charge is 0.251 e. The van der Waals surface area contributed by atoms with Gasteiger partial charge in [0, 0.05) is 31.3 Å². The first kappa shape index (κ1) is 32.4. The molecule has 0 aromatic heterocycles. The van der Waals surface area contributed by atoms with Crippen molar-refractivity contribution < 1.29 is 18.7 Å². The third kappa shape index (κ3) is 11.0. The number of benzene rings is 3. The summed E-state index contributed by atoms with van der Waals surface area (Å²) in [6, 6.07) is 16.5. The van der Waals surface area contributed by atoms with Gasteiger partial charge in [-0.25, -0.2) is 8.78 Å². The van der Waals surface area contributed by atoms with E-state index in [4.69, 9.17) is 0 Å². The molecule has 3 aromatic carbocycles. The Bertz CT molecular complexity index is 1250. The zero-order valence-corrected chi connectivity index (χ0v) is 24.9. The Morgan fingerprint density at radius 1 is 0.927 bits per heavy atom. The average Bonchev–Trinajstić information content (AvgIpc) is 2.92. The van der Waals surface area contributed by atoms with Crippen molar-refractivity contribution in [2.45, 2.75) is 78.1 Å². The normalized spacial score (nSPS) is 12.9. The van der Waals surface area contributed by atoms with Crippen LogP contribution in [0.1, 0.15) is 71.3 Å². The van der Waals surface area contributed by atoms with E-state index in [9.17, 15) is 18.7 Å². The number of amides is 1. The lowest BCUT2D eigenvalue weighted by Gasteiger charge is -2.25. The number of unbranched alkanes of at least 4 members (excludes halogenated alkanes) is 2. The molecule has 222 valence electrons. The number of aliphatic hydroxyl groups is 1. The second-order valence-corrected chi connectivity index (χ2v) is 11.1. The van der Waals surface area contributed by atoms with Crippen molar-refractivity contribution in [2.24, 2.45) is 0 Å². The van der Waals surface area contributed by atoms with Crippen LogP contribution in [0.15, 0.2) is 60.7 Å². The van der Waals surface area contributed by atoms with E-state index in [1.165, 1.54) is 30.5 Å². The number of hydrogen-bond donors (Lipinski definition) is 3. The Kier molecular flexibility index (Phi) is 12.9. The molecule has 0 aliphatic rings. The predicted molar refractivity (Wildman–Crippen MR) is 162 cm³/mol. The Hall–Kier alpha value is -3.13. The van der Waals surface area contributed by atoms with Gasteiger partial charge in [0.1, 0.15) is 11.6 Å². The fourth-order valence-electron chi connectivity index (χ4n) is 5.09. The molecule has 3 N–H and O–H groups in total. The summed E-state index contributed by atoms with van der Waals surface area (Å²) < 4.78 is 27.9. The van der Waals surface area contributed by atoms with Crippen LogP contribution in [-0.4, -0.2) is 48.2 Å². The summed E-state index contributed by atoms with van der Waals surface area (Å²) in [6.07, 6.45) is 3.50. The fraction of sp³-hybridized carbons (Fsp3) is 0.441. The summed E-state index contributed by atoms with van der Waals surface area (Å²) in [5.74, 6) is -1.72. The molecule has 41 heavy (non-hydrogen) atoms. The maximum absolute atomic E-state index is 13.9. The molecule has 0 bridgehead atoms. The second kappa shape index (κ2) is 16.3. The van der Waals surface area contributed by atoms with Gasteiger partial charge in [0.15, 0.2) is 0 Å². The van der Waals surface area contributed by atoms with Crippen molar-refractivity contribution in [3.05, 3.63) is 106 Å². The summed E-state index contributed by atoms with van der Waals surface area (Å²) in [6.45, 7) is 8.69. The summed E-state index contributed by atoms with van der Waals surface area (Å²) >= 11 is 0. The number of nitrogens with zero attached hydrogens (tertiary/aromatic N) is 1. The molecule has 3 rings (SSSR count). The van der Waals surface area contributed by atoms with Crippen LogP contribution in [0.25, 0.3) is 0 Å². The zero-order chi connectivity index (χ0) is 29.8. The van der Waals surface area contributed by atoms with Gasteiger partial charge in [-0.15, -0.1) is 0 Å². The molecule has 7 heteroatoms. The molecule has 5 nitrogen and oxygen atoms in total. The number of aryl methyl sites for hydroxylation is 2. The van der Waals surface area contributed by atoms with Crippen molar-refractivity contribution in [3.63, 3.8) is 0 Å². The molecule has 0 fully saturated rings. The Labute approximate surface area is 244 Å². The third-order valence-electron chi connectivity index (χ3n) is 7.24. The quantitative estimate of drug-likeness (QED) is 0.188. The lowest BCUT2D eigenvalue weighted by molar-refractivity contribution is 0.0829. The monoisotopic (exact) mass is 565 g/mol. The van der Waals surface area contributed by atoms with E-state index in [2.05, 4.69) is 54.6 Å². The fourth-order valence-corrected chi connectivity index (χ4v) is 5.09. The van der Waals surface area contributed by atoms with Crippen LogP contribution in [0.5, 0.6) is 0 Å². The number of hydrogen-bond acceptors (Lipinski definition) is 4. The van der Waals surface area contributed by atoms with Gasteiger partial charge in [-0.05, 0) is 86.3 Å². The van der Waals surface area contributed by atoms with E-state index < -0.39 is 23.8 Å². The van der Waals surface area contributed by atoms with Crippen LogP contribution in [-0.2, 0) is 25.9 Å². The number of nitrogens with one attached hydrogen (secondary N) is 2. The molecule has 0 aliphatic carbocycles. The molecule has 0 spiro atoms. The van der Waals surface area contributed by atoms with Crippen molar-refractivity contribution >= 4 is 5.91 Å². The summed E-state index contributed by atoms with van der Waals surface area (Å²) in [5.41, 5.74) is 5.18. The van der Waals surface area contributed by atoms with Crippen LogP contribution in [0, 0.1) is 18.6 Å². The van der Waals surface area contributed by atoms with E-state index in [-0.39, 0.29) is 18.9 Å². The summed E-state index contributed by atoms with van der Waals surface area (Å²) in [7, 11) is 2.08. The first-order chi connectivity index (χ1) is 19.7. The molecule has 2 atom stereocenters. The first-order valence-electron chi connectivity index (χ1n) is 14.7. The summed E-state index contributed by atoms with van der Waals surface area (Å²) in [5, 5.41) is 17.4. The molecule has 0 saturated heterocycles. The number of aliphatic hydroxyl groups excluding tert-OH is 1. The van der Waals surface area contributed by atoms with Gasteiger partial charge in [0.05, 0.1) is 12.1 Å². The van der Waals surface area contributed by atoms with Crippen LogP contribution in [0.3, 0.4) is 0 Å². The largest absolute Gasteiger partial charge is 0.390 e. The van der Waals surface area contributed by atoms with Gasteiger partial charge in [0.25, 0.3) is 5.91 Å². The number of carbonyl (C=O) groups excluding carboxylic acids is 1. The number of rotatable bonds is 16. The standard InChI is InChI=1S/C34H45F2N3O2/c1-5-7-8-12-39(4)23-28-13-24(3)14-29(16-28)34(41)38-32(19-27-17-30(35)20-31(36)18-27)33(40)22-37-21-26-11-9-10-25(6-2)15-26/h9-11,13-18,20,32-33,37,40H,5-8,12,19,21-23H2,1-4H3,(H,38,41)/t32-,33+/m0/s1. The molecule has 0 heterocycles. The molecule has 1 amide bonds. The predicted octanol–water partition coefficient (Wildman–Crippen LogP) is 5.95. The third-order valence-corrected chi connectivity index (χ3v) is 7.24. The van der Waals surface area contributed by atoms with Crippen molar-refractivity contribution in [2.75, 3.05) is 20.1 Å². The highest BCUT2D eigenvalue weighted by Crippen LogP contribution is 2.16. The van der Waals surface area contributed by atoms with Gasteiger partial charge in [0.2, 0.25) is 0 Å². The Morgan fingerprint density at radius 3 is 2.37 bits per heavy atom. The minimum atomic E-state index is -0.992. The minimum absolute atomic E-state index is 0.0768. The van der Waals surface area contributed by atoms with Crippen LogP contribution < -0.4 is 10.6 Å². The molecule has 0 radical (unpaired) electrons. The Balaban J connectivity index is 1.73. The molecular formula is C34H45F2N3O2. The van der Waals surface area contributed by atoms with Gasteiger partial charge >= 0.3 is 0 Å². The lowest BCUT2D eigenvalue weighted by atomic mass is 9.99. The van der Waals surface area contributed by atoms with Gasteiger partial charge in [-0.2, -0.15) is 0 Å². The second-order valence-electron chi connectivity index (χ2n) is 11.1. The van der Waals surface area contributed by atoms with Crippen molar-refractivity contribution in [1.29, 1.82) is 0 Å². The topological polar surface area (TPSA) is 64.6 Å². The van der Waals surface area contributed by atoms with E-state index in [1.807, 2.05) is 31.2 Å². The molecule has 0 aliphatic heterocycles. The molecular weight excluding hydrogens is 520 g/mol. The van der Waals surface area contributed by atoms with E-state index in [1.54, 1.807) is 0 Å². The van der Waals surface area contributed by atoms with Gasteiger partial charge in [-0.1, -0.05) is 62.6 Å². The maximum Gasteiger partial charge on any atom is 0.251 e.